The fourth-order valence-electron chi connectivity index (χ4n) is 1.59. The lowest BCUT2D eigenvalue weighted by Crippen LogP contribution is -2.29. The maximum absolute atomic E-state index is 11.5. The molecule has 94 valence electrons. The van der Waals surface area contributed by atoms with Gasteiger partial charge in [0.1, 0.15) is 0 Å². The number of amides is 1. The number of nitrogens with zero attached hydrogens (tertiary/aromatic N) is 1. The van der Waals surface area contributed by atoms with E-state index < -0.39 is 0 Å². The molecule has 1 amide bonds. The Labute approximate surface area is 116 Å². The molecule has 0 radical (unpaired) electrons. The summed E-state index contributed by atoms with van der Waals surface area (Å²) in [4.78, 5) is 13.3. The van der Waals surface area contributed by atoms with Gasteiger partial charge in [0.25, 0.3) is 0 Å². The van der Waals surface area contributed by atoms with Crippen molar-refractivity contribution in [2.45, 2.75) is 19.8 Å². The molecule has 0 aliphatic heterocycles. The quantitative estimate of drug-likeness (QED) is 0.762. The number of carbonyl (C=O) groups is 1. The molecule has 0 unspecified atom stereocenters. The molecule has 0 heterocycles. The number of halogens is 2. The molecule has 2 nitrogen and oxygen atoms in total. The van der Waals surface area contributed by atoms with Crippen molar-refractivity contribution in [3.63, 3.8) is 0 Å². The van der Waals surface area contributed by atoms with Crippen LogP contribution in [0, 0.1) is 6.92 Å². The van der Waals surface area contributed by atoms with Crippen molar-refractivity contribution in [3.05, 3.63) is 33.8 Å². The Hall–Kier alpha value is -0.540. The zero-order valence-corrected chi connectivity index (χ0v) is 12.5. The number of rotatable bonds is 5. The largest absolute Gasteiger partial charge is 0.345 e. The Kier molecular flexibility index (Phi) is 6.00. The van der Waals surface area contributed by atoms with E-state index in [1.165, 1.54) is 11.1 Å². The van der Waals surface area contributed by atoms with Gasteiger partial charge < -0.3 is 4.90 Å². The third-order valence-electron chi connectivity index (χ3n) is 2.76. The van der Waals surface area contributed by atoms with Crippen LogP contribution in [0.4, 0.5) is 0 Å². The summed E-state index contributed by atoms with van der Waals surface area (Å²) in [6.07, 6.45) is 1.28. The van der Waals surface area contributed by atoms with Gasteiger partial charge >= 0.3 is 0 Å². The molecule has 4 heteroatoms. The minimum absolute atomic E-state index is 0.104. The third kappa shape index (κ3) is 4.68. The monoisotopic (exact) mass is 317 g/mol. The van der Waals surface area contributed by atoms with Crippen LogP contribution in [0.5, 0.6) is 0 Å². The highest BCUT2D eigenvalue weighted by molar-refractivity contribution is 9.10. The van der Waals surface area contributed by atoms with Crippen molar-refractivity contribution in [2.75, 3.05) is 19.5 Å². The van der Waals surface area contributed by atoms with E-state index in [1.807, 2.05) is 13.1 Å². The van der Waals surface area contributed by atoms with Gasteiger partial charge in [0.15, 0.2) is 0 Å². The molecule has 0 aliphatic rings. The molecule has 1 aromatic carbocycles. The van der Waals surface area contributed by atoms with E-state index in [-0.39, 0.29) is 5.91 Å². The van der Waals surface area contributed by atoms with E-state index in [0.29, 0.717) is 12.3 Å². The van der Waals surface area contributed by atoms with E-state index in [9.17, 15) is 4.79 Å². The Bertz CT molecular complexity index is 395. The summed E-state index contributed by atoms with van der Waals surface area (Å²) >= 11 is 9.01. The summed E-state index contributed by atoms with van der Waals surface area (Å²) in [6.45, 7) is 2.81. The summed E-state index contributed by atoms with van der Waals surface area (Å²) in [5, 5.41) is 0. The number of likely N-dealkylation sites (N-methyl/N-ethyl adjacent to an activating group) is 1. The van der Waals surface area contributed by atoms with Crippen molar-refractivity contribution in [1.29, 1.82) is 0 Å². The van der Waals surface area contributed by atoms with Gasteiger partial charge in [0.2, 0.25) is 5.91 Å². The third-order valence-corrected chi connectivity index (χ3v) is 3.44. The zero-order valence-electron chi connectivity index (χ0n) is 10.2. The predicted molar refractivity (Wildman–Crippen MR) is 75.6 cm³/mol. The van der Waals surface area contributed by atoms with Crippen molar-refractivity contribution >= 4 is 33.4 Å². The van der Waals surface area contributed by atoms with Crippen LogP contribution < -0.4 is 0 Å². The summed E-state index contributed by atoms with van der Waals surface area (Å²) < 4.78 is 1.08. The lowest BCUT2D eigenvalue weighted by atomic mass is 10.1. The van der Waals surface area contributed by atoms with E-state index in [4.69, 9.17) is 11.6 Å². The molecule has 0 saturated carbocycles. The van der Waals surface area contributed by atoms with E-state index in [2.05, 4.69) is 35.0 Å². The highest BCUT2D eigenvalue weighted by Gasteiger charge is 2.08. The number of benzene rings is 1. The van der Waals surface area contributed by atoms with Crippen LogP contribution in [0.2, 0.25) is 0 Å². The average Bonchev–Trinajstić information content (AvgIpc) is 2.30. The van der Waals surface area contributed by atoms with E-state index in [1.54, 1.807) is 4.90 Å². The second-order valence-corrected chi connectivity index (χ2v) is 5.37. The first kappa shape index (κ1) is 14.5. The van der Waals surface area contributed by atoms with Crippen LogP contribution in [0.25, 0.3) is 0 Å². The second-order valence-electron chi connectivity index (χ2n) is 4.08. The normalized spacial score (nSPS) is 10.4. The Balaban J connectivity index is 2.55. The van der Waals surface area contributed by atoms with Gasteiger partial charge in [-0.1, -0.05) is 22.0 Å². The first-order chi connectivity index (χ1) is 8.04. The Morgan fingerprint density at radius 2 is 2.18 bits per heavy atom. The molecule has 0 fully saturated rings. The molecule has 0 N–H and O–H groups in total. The highest BCUT2D eigenvalue weighted by atomic mass is 79.9. The van der Waals surface area contributed by atoms with Crippen molar-refractivity contribution in [2.24, 2.45) is 0 Å². The molecule has 0 aromatic heterocycles. The lowest BCUT2D eigenvalue weighted by molar-refractivity contribution is -0.129. The summed E-state index contributed by atoms with van der Waals surface area (Å²) in [6, 6.07) is 6.22. The minimum Gasteiger partial charge on any atom is -0.345 e. The van der Waals surface area contributed by atoms with Gasteiger partial charge in [-0.05, 0) is 36.6 Å². The molecule has 0 aliphatic carbocycles. The van der Waals surface area contributed by atoms with Gasteiger partial charge in [-0.2, -0.15) is 0 Å². The number of alkyl halides is 1. The summed E-state index contributed by atoms with van der Waals surface area (Å²) in [5.41, 5.74) is 2.52. The number of carbonyl (C=O) groups excluding carboxylic acids is 1. The predicted octanol–water partition coefficient (Wildman–Crippen LogP) is 3.39. The van der Waals surface area contributed by atoms with Crippen LogP contribution in [0.15, 0.2) is 22.7 Å². The molecule has 17 heavy (non-hydrogen) atoms. The first-order valence-corrected chi connectivity index (χ1v) is 6.92. The van der Waals surface area contributed by atoms with E-state index in [0.717, 1.165) is 17.4 Å². The second kappa shape index (κ2) is 7.02. The van der Waals surface area contributed by atoms with Crippen LogP contribution >= 0.6 is 27.5 Å². The number of hydrogen-bond donors (Lipinski definition) is 0. The molecule has 0 saturated heterocycles. The van der Waals surface area contributed by atoms with Crippen molar-refractivity contribution in [1.82, 2.24) is 4.90 Å². The van der Waals surface area contributed by atoms with Crippen molar-refractivity contribution in [3.8, 4) is 0 Å². The minimum atomic E-state index is 0.104. The van der Waals surface area contributed by atoms with Gasteiger partial charge in [-0.25, -0.2) is 0 Å². The molecular weight excluding hydrogens is 302 g/mol. The Morgan fingerprint density at radius 1 is 1.47 bits per heavy atom. The number of hydrogen-bond acceptors (Lipinski definition) is 1. The topological polar surface area (TPSA) is 20.3 Å². The smallest absolute Gasteiger partial charge is 0.223 e. The molecule has 1 rings (SSSR count). The van der Waals surface area contributed by atoms with Crippen LogP contribution in [-0.4, -0.2) is 30.3 Å². The Morgan fingerprint density at radius 3 is 2.82 bits per heavy atom. The van der Waals surface area contributed by atoms with E-state index >= 15 is 0 Å². The van der Waals surface area contributed by atoms with Crippen molar-refractivity contribution < 1.29 is 4.79 Å². The van der Waals surface area contributed by atoms with Crippen LogP contribution in [0.1, 0.15) is 17.5 Å². The molecule has 0 bridgehead atoms. The lowest BCUT2D eigenvalue weighted by Gasteiger charge is -2.17. The maximum Gasteiger partial charge on any atom is 0.223 e. The molecular formula is C13H17BrClNO. The molecule has 0 spiro atoms. The van der Waals surface area contributed by atoms with Crippen LogP contribution in [0.3, 0.4) is 0 Å². The van der Waals surface area contributed by atoms with Gasteiger partial charge in [0, 0.05) is 30.4 Å². The maximum atomic E-state index is 11.5. The summed E-state index contributed by atoms with van der Waals surface area (Å²) in [7, 11) is 1.82. The average molecular weight is 319 g/mol. The highest BCUT2D eigenvalue weighted by Crippen LogP contribution is 2.16. The summed E-state index contributed by atoms with van der Waals surface area (Å²) in [5.74, 6) is 0.492. The molecule has 0 atom stereocenters. The van der Waals surface area contributed by atoms with Gasteiger partial charge in [-0.3, -0.25) is 4.79 Å². The zero-order chi connectivity index (χ0) is 12.8. The SMILES string of the molecule is Cc1ccc(Br)cc1CCN(C)C(=O)CCCl. The fraction of sp³-hybridized carbons (Fsp3) is 0.462. The fourth-order valence-corrected chi connectivity index (χ4v) is 2.16. The van der Waals surface area contributed by atoms with Gasteiger partial charge in [0.05, 0.1) is 0 Å². The molecule has 1 aromatic rings. The van der Waals surface area contributed by atoms with Gasteiger partial charge in [-0.15, -0.1) is 11.6 Å². The number of aryl methyl sites for hydroxylation is 1. The first-order valence-electron chi connectivity index (χ1n) is 5.59. The standard InChI is InChI=1S/C13H17BrClNO/c1-10-3-4-12(14)9-11(10)6-8-16(2)13(17)5-7-15/h3-4,9H,5-8H2,1-2H3. The van der Waals surface area contributed by atoms with Crippen LogP contribution in [-0.2, 0) is 11.2 Å².